The van der Waals surface area contributed by atoms with Crippen molar-refractivity contribution in [3.05, 3.63) is 170 Å². The highest BCUT2D eigenvalue weighted by atomic mass is 31.2. The number of carbonyl (C=O) groups excluding carboxylic acids is 2. The van der Waals surface area contributed by atoms with Crippen LogP contribution in [0.4, 0.5) is 0 Å². The van der Waals surface area contributed by atoms with Gasteiger partial charge in [-0.05, 0) is 135 Å². The van der Waals surface area contributed by atoms with Gasteiger partial charge in [-0.15, -0.1) is 0 Å². The zero-order valence-electron chi connectivity index (χ0n) is 62.3. The molecule has 0 fully saturated rings. The second-order valence-electron chi connectivity index (χ2n) is 26.7. The van der Waals surface area contributed by atoms with E-state index in [1.54, 1.807) is 0 Å². The summed E-state index contributed by atoms with van der Waals surface area (Å²) in [7, 11) is 1.46. The molecule has 0 aromatic rings. The topological polar surface area (TPSA) is 108 Å². The van der Waals surface area contributed by atoms with E-state index in [2.05, 4.69) is 184 Å². The van der Waals surface area contributed by atoms with Gasteiger partial charge in [-0.2, -0.15) is 0 Å². The maximum absolute atomic E-state index is 12.9. The Kier molecular flexibility index (Phi) is 71.0. The lowest BCUT2D eigenvalue weighted by molar-refractivity contribution is -0.870. The third kappa shape index (κ3) is 78.4. The summed E-state index contributed by atoms with van der Waals surface area (Å²) in [5.74, 6) is -0.813. The number of ether oxygens (including phenoxy) is 2. The molecule has 0 aliphatic rings. The van der Waals surface area contributed by atoms with Crippen molar-refractivity contribution in [2.45, 2.75) is 315 Å². The third-order valence-corrected chi connectivity index (χ3v) is 17.2. The lowest BCUT2D eigenvalue weighted by Gasteiger charge is -2.24. The Bertz CT molecular complexity index is 2230. The number of nitrogens with zero attached hydrogens (tertiary/aromatic N) is 1. The number of quaternary nitrogens is 1. The third-order valence-electron chi connectivity index (χ3n) is 16.2. The Balaban J connectivity index is 4.09. The lowest BCUT2D eigenvalue weighted by atomic mass is 10.0. The predicted octanol–water partition coefficient (Wildman–Crippen LogP) is 26.1. The summed E-state index contributed by atoms with van der Waals surface area (Å²) in [6.07, 6.45) is 113. The number of likely N-dealkylation sites (N-methyl/N-ethyl adjacent to an activating group) is 1. The molecule has 10 heteroatoms. The highest BCUT2D eigenvalue weighted by molar-refractivity contribution is 7.47. The number of allylic oxidation sites excluding steroid dienone is 28. The summed E-state index contributed by atoms with van der Waals surface area (Å²) in [5, 5.41) is 0. The minimum Gasteiger partial charge on any atom is -0.462 e. The largest absolute Gasteiger partial charge is 0.472 e. The number of hydrogen-bond acceptors (Lipinski definition) is 7. The second-order valence-corrected chi connectivity index (χ2v) is 28.1. The SMILES string of the molecule is CC/C=C\C/C=C\C/C=C\C/C=C\C/C=C\C/C=C\C/C=C\C/C=C\C/C=C\C/C=C\C/C=C\CCCCCCCCCC(=O)OC(COC(=O)CCCCCCCCCCCCCCCCCC/C=C\C/C=C\C/C=C\CCCCCCC)COP(=O)(O)OCC[N+](C)(C)C. The van der Waals surface area contributed by atoms with Crippen LogP contribution < -0.4 is 0 Å². The maximum atomic E-state index is 12.9. The molecule has 0 rings (SSSR count). The Morgan fingerprint density at radius 1 is 0.333 bits per heavy atom. The van der Waals surface area contributed by atoms with Gasteiger partial charge >= 0.3 is 19.8 Å². The van der Waals surface area contributed by atoms with Crippen molar-refractivity contribution in [2.24, 2.45) is 0 Å². The highest BCUT2D eigenvalue weighted by Gasteiger charge is 2.27. The molecular formula is C86H145NO8P+. The van der Waals surface area contributed by atoms with Crippen LogP contribution in [0.1, 0.15) is 309 Å². The molecule has 9 nitrogen and oxygen atoms in total. The number of hydrogen-bond donors (Lipinski definition) is 1. The van der Waals surface area contributed by atoms with Crippen LogP contribution in [0.15, 0.2) is 170 Å². The standard InChI is InChI=1S/C86H144NO8P/c1-6-8-10-12-14-16-18-20-22-24-26-28-30-32-34-36-38-39-40-41-42-43-44-45-46-47-49-51-53-55-57-59-61-63-65-67-69-71-73-75-77-79-86(89)95-84(83-94-96(90,91)93-81-80-87(3,4)5)82-92-85(88)78-76-74-72-70-68-66-64-62-60-58-56-54-52-50-48-37-35-33-31-29-27-25-23-21-19-17-15-13-11-9-7-2/h8,10,14,16,19-22,25-28,31-34,38-39,41-42,44-45,47,49,53,55,59,61,84H,6-7,9,11-13,15,17-18,23-24,29-30,35-37,40,43,46,48,50-52,54,56-58,60,62-83H2,1-5H3/p+1/b10-8-,16-14-,21-19-,22-20-,27-25-,28-26-,33-31-,34-32-,39-38-,42-41-,45-44-,49-47-,55-53-,61-59-. The van der Waals surface area contributed by atoms with E-state index in [1.165, 1.54) is 148 Å². The van der Waals surface area contributed by atoms with Crippen molar-refractivity contribution >= 4 is 19.8 Å². The molecule has 0 amide bonds. The van der Waals surface area contributed by atoms with Gasteiger partial charge in [0.25, 0.3) is 0 Å². The van der Waals surface area contributed by atoms with Gasteiger partial charge in [0, 0.05) is 12.8 Å². The number of rotatable bonds is 70. The van der Waals surface area contributed by atoms with Crippen LogP contribution in [-0.4, -0.2) is 74.9 Å². The first-order valence-electron chi connectivity index (χ1n) is 38.9. The monoisotopic (exact) mass is 1350 g/mol. The van der Waals surface area contributed by atoms with Crippen LogP contribution in [0.5, 0.6) is 0 Å². The van der Waals surface area contributed by atoms with E-state index >= 15 is 0 Å². The van der Waals surface area contributed by atoms with Gasteiger partial charge in [0.2, 0.25) is 0 Å². The van der Waals surface area contributed by atoms with E-state index in [4.69, 9.17) is 18.5 Å². The van der Waals surface area contributed by atoms with E-state index in [-0.39, 0.29) is 32.0 Å². The maximum Gasteiger partial charge on any atom is 0.472 e. The molecule has 0 aliphatic heterocycles. The fraction of sp³-hybridized carbons (Fsp3) is 0.651. The van der Waals surface area contributed by atoms with Gasteiger partial charge in [-0.25, -0.2) is 4.57 Å². The van der Waals surface area contributed by atoms with Gasteiger partial charge in [0.1, 0.15) is 19.8 Å². The molecule has 96 heavy (non-hydrogen) atoms. The summed E-state index contributed by atoms with van der Waals surface area (Å²) >= 11 is 0. The van der Waals surface area contributed by atoms with Crippen LogP contribution in [0.2, 0.25) is 0 Å². The molecule has 0 heterocycles. The number of unbranched alkanes of at least 4 members (excludes halogenated alkanes) is 28. The molecule has 2 unspecified atom stereocenters. The molecule has 1 N–H and O–H groups in total. The minimum absolute atomic E-state index is 0.0219. The van der Waals surface area contributed by atoms with Crippen molar-refractivity contribution in [1.29, 1.82) is 0 Å². The van der Waals surface area contributed by atoms with Crippen LogP contribution in [0.25, 0.3) is 0 Å². The molecular weight excluding hydrogens is 1210 g/mol. The smallest absolute Gasteiger partial charge is 0.462 e. The van der Waals surface area contributed by atoms with Crippen molar-refractivity contribution in [2.75, 3.05) is 47.5 Å². The highest BCUT2D eigenvalue weighted by Crippen LogP contribution is 2.43. The van der Waals surface area contributed by atoms with E-state index in [1.807, 2.05) is 21.1 Å². The first-order valence-corrected chi connectivity index (χ1v) is 40.4. The zero-order valence-corrected chi connectivity index (χ0v) is 63.2. The molecule has 0 aliphatic carbocycles. The van der Waals surface area contributed by atoms with Crippen LogP contribution >= 0.6 is 7.82 Å². The molecule has 2 atom stereocenters. The summed E-state index contributed by atoms with van der Waals surface area (Å²) in [5.41, 5.74) is 0. The van der Waals surface area contributed by atoms with Crippen molar-refractivity contribution in [1.82, 2.24) is 0 Å². The van der Waals surface area contributed by atoms with Crippen molar-refractivity contribution in [3.63, 3.8) is 0 Å². The molecule has 0 saturated heterocycles. The van der Waals surface area contributed by atoms with Gasteiger partial charge in [-0.1, -0.05) is 332 Å². The first kappa shape index (κ1) is 91.4. The summed E-state index contributed by atoms with van der Waals surface area (Å²) < 4.78 is 34.8. The normalized spacial score (nSPS) is 14.0. The quantitative estimate of drug-likeness (QED) is 0.0211. The number of carbonyl (C=O) groups is 2. The Labute approximate surface area is 591 Å². The van der Waals surface area contributed by atoms with Gasteiger partial charge < -0.3 is 18.9 Å². The van der Waals surface area contributed by atoms with E-state index < -0.39 is 26.5 Å². The van der Waals surface area contributed by atoms with Crippen LogP contribution in [0, 0.1) is 0 Å². The van der Waals surface area contributed by atoms with Gasteiger partial charge in [0.15, 0.2) is 6.10 Å². The predicted molar refractivity (Wildman–Crippen MR) is 417 cm³/mol. The molecule has 0 bridgehead atoms. The fourth-order valence-electron chi connectivity index (χ4n) is 10.3. The molecule has 546 valence electrons. The van der Waals surface area contributed by atoms with E-state index in [0.717, 1.165) is 128 Å². The molecule has 0 spiro atoms. The second kappa shape index (κ2) is 74.6. The number of phosphoric acid groups is 1. The zero-order chi connectivity index (χ0) is 69.7. The molecule has 0 saturated carbocycles. The summed E-state index contributed by atoms with van der Waals surface area (Å²) in [6, 6.07) is 0. The lowest BCUT2D eigenvalue weighted by Crippen LogP contribution is -2.37. The van der Waals surface area contributed by atoms with Crippen molar-refractivity contribution in [3.8, 4) is 0 Å². The molecule has 0 aromatic heterocycles. The Morgan fingerprint density at radius 2 is 0.594 bits per heavy atom. The Hall–Kier alpha value is -4.63. The fourth-order valence-corrected chi connectivity index (χ4v) is 11.1. The van der Waals surface area contributed by atoms with Gasteiger partial charge in [-0.3, -0.25) is 18.6 Å². The van der Waals surface area contributed by atoms with Crippen molar-refractivity contribution < 1.29 is 42.1 Å². The summed E-state index contributed by atoms with van der Waals surface area (Å²) in [4.78, 5) is 36.0. The van der Waals surface area contributed by atoms with E-state index in [9.17, 15) is 19.0 Å². The minimum atomic E-state index is -4.41. The van der Waals surface area contributed by atoms with Crippen LogP contribution in [-0.2, 0) is 32.7 Å². The van der Waals surface area contributed by atoms with Crippen LogP contribution in [0.3, 0.4) is 0 Å². The number of esters is 2. The average molecular weight is 1350 g/mol. The Morgan fingerprint density at radius 3 is 0.885 bits per heavy atom. The molecule has 0 radical (unpaired) electrons. The first-order chi connectivity index (χ1) is 47.0. The number of phosphoric ester groups is 1. The summed E-state index contributed by atoms with van der Waals surface area (Å²) in [6.45, 7) is 4.30. The average Bonchev–Trinajstić information content (AvgIpc) is 2.54. The van der Waals surface area contributed by atoms with Gasteiger partial charge in [0.05, 0.1) is 27.7 Å². The molecule has 0 aromatic carbocycles. The van der Waals surface area contributed by atoms with E-state index in [0.29, 0.717) is 17.4 Å².